The average Bonchev–Trinajstić information content (AvgIpc) is 3.20. The quantitative estimate of drug-likeness (QED) is 0.854. The van der Waals surface area contributed by atoms with Crippen LogP contribution in [0.2, 0.25) is 0 Å². The predicted molar refractivity (Wildman–Crippen MR) is 98.8 cm³/mol. The van der Waals surface area contributed by atoms with Crippen molar-refractivity contribution in [3.05, 3.63) is 35.4 Å². The van der Waals surface area contributed by atoms with Crippen molar-refractivity contribution in [1.82, 2.24) is 24.6 Å². The number of anilines is 1. The van der Waals surface area contributed by atoms with Crippen LogP contribution < -0.4 is 4.90 Å². The zero-order valence-corrected chi connectivity index (χ0v) is 15.6. The molecule has 25 heavy (non-hydrogen) atoms. The van der Waals surface area contributed by atoms with Gasteiger partial charge in [0.1, 0.15) is 0 Å². The van der Waals surface area contributed by atoms with Crippen molar-refractivity contribution in [2.45, 2.75) is 51.1 Å². The lowest BCUT2D eigenvalue weighted by molar-refractivity contribution is 0.135. The van der Waals surface area contributed by atoms with E-state index in [1.54, 1.807) is 0 Å². The molecule has 6 heteroatoms. The van der Waals surface area contributed by atoms with Gasteiger partial charge in [-0.05, 0) is 50.8 Å². The van der Waals surface area contributed by atoms with E-state index in [4.69, 9.17) is 4.98 Å². The van der Waals surface area contributed by atoms with Gasteiger partial charge in [-0.1, -0.05) is 0 Å². The Morgan fingerprint density at radius 2 is 2.16 bits per heavy atom. The Bertz CT molecular complexity index is 748. The van der Waals surface area contributed by atoms with Gasteiger partial charge in [0.2, 0.25) is 5.95 Å². The summed E-state index contributed by atoms with van der Waals surface area (Å²) in [5.74, 6) is 0.832. The zero-order valence-electron chi connectivity index (χ0n) is 15.6. The third-order valence-corrected chi connectivity index (χ3v) is 5.69. The summed E-state index contributed by atoms with van der Waals surface area (Å²) in [4.78, 5) is 14.0. The van der Waals surface area contributed by atoms with Crippen molar-refractivity contribution < 1.29 is 0 Å². The third kappa shape index (κ3) is 3.03. The molecule has 0 saturated carbocycles. The first-order valence-electron chi connectivity index (χ1n) is 9.38. The van der Waals surface area contributed by atoms with Gasteiger partial charge in [0, 0.05) is 51.5 Å². The number of piperidine rings is 1. The molecule has 2 aromatic heterocycles. The Balaban J connectivity index is 1.56. The first kappa shape index (κ1) is 16.5. The van der Waals surface area contributed by atoms with E-state index in [0.717, 1.165) is 38.5 Å². The molecule has 2 aliphatic rings. The van der Waals surface area contributed by atoms with Crippen molar-refractivity contribution in [1.29, 1.82) is 0 Å². The molecule has 3 heterocycles. The van der Waals surface area contributed by atoms with E-state index in [1.165, 1.54) is 36.2 Å². The maximum atomic E-state index is 4.96. The Morgan fingerprint density at radius 3 is 2.92 bits per heavy atom. The maximum Gasteiger partial charge on any atom is 0.225 e. The maximum absolute atomic E-state index is 4.96. The van der Waals surface area contributed by atoms with Gasteiger partial charge in [0.15, 0.2) is 0 Å². The van der Waals surface area contributed by atoms with Crippen LogP contribution in [0.3, 0.4) is 0 Å². The second-order valence-electron chi connectivity index (χ2n) is 7.70. The number of rotatable bonds is 4. The molecule has 1 unspecified atom stereocenters. The fraction of sp³-hybridized carbons (Fsp3) is 0.632. The molecule has 4 rings (SSSR count). The molecule has 0 N–H and O–H groups in total. The summed E-state index contributed by atoms with van der Waals surface area (Å²) in [5.41, 5.74) is 4.03. The fourth-order valence-corrected chi connectivity index (χ4v) is 4.40. The molecule has 0 aromatic carbocycles. The fourth-order valence-electron chi connectivity index (χ4n) is 4.40. The van der Waals surface area contributed by atoms with Crippen LogP contribution in [0.25, 0.3) is 0 Å². The number of fused-ring (bicyclic) bond motifs is 2. The molecule has 1 aliphatic heterocycles. The molecule has 1 atom stereocenters. The van der Waals surface area contributed by atoms with E-state index in [2.05, 4.69) is 34.2 Å². The highest BCUT2D eigenvalue weighted by atomic mass is 15.3. The minimum atomic E-state index is 0.203. The monoisotopic (exact) mass is 340 g/mol. The summed E-state index contributed by atoms with van der Waals surface area (Å²) in [7, 11) is 4.03. The van der Waals surface area contributed by atoms with E-state index in [0.29, 0.717) is 0 Å². The molecule has 0 amide bonds. The van der Waals surface area contributed by atoms with Crippen molar-refractivity contribution in [3.63, 3.8) is 0 Å². The summed E-state index contributed by atoms with van der Waals surface area (Å²) in [6.45, 7) is 6.24. The molecule has 1 aliphatic carbocycles. The Hall–Kier alpha value is -1.95. The minimum Gasteiger partial charge on any atom is -0.347 e. The normalized spacial score (nSPS) is 23.2. The zero-order chi connectivity index (χ0) is 17.4. The van der Waals surface area contributed by atoms with E-state index >= 15 is 0 Å². The average molecular weight is 340 g/mol. The van der Waals surface area contributed by atoms with Crippen LogP contribution in [0.15, 0.2) is 18.5 Å². The van der Waals surface area contributed by atoms with Crippen molar-refractivity contribution in [2.75, 3.05) is 32.1 Å². The number of likely N-dealkylation sites (tertiary alicyclic amines) is 1. The first-order valence-corrected chi connectivity index (χ1v) is 9.38. The van der Waals surface area contributed by atoms with Gasteiger partial charge in [0.05, 0.1) is 11.4 Å². The standard InChI is InChI=1S/C19H28N6/c1-4-25-11-7-16(22-25)13-24-10-5-8-19(14-24)9-6-15-12-20-18(23(2)3)21-17(15)19/h7,11-12H,4-6,8-10,13-14H2,1-3H3. The molecule has 1 fully saturated rings. The van der Waals surface area contributed by atoms with Gasteiger partial charge in [-0.25, -0.2) is 9.97 Å². The van der Waals surface area contributed by atoms with Gasteiger partial charge >= 0.3 is 0 Å². The van der Waals surface area contributed by atoms with Gasteiger partial charge in [-0.15, -0.1) is 0 Å². The third-order valence-electron chi connectivity index (χ3n) is 5.69. The van der Waals surface area contributed by atoms with Gasteiger partial charge in [-0.2, -0.15) is 5.10 Å². The highest BCUT2D eigenvalue weighted by molar-refractivity contribution is 5.39. The van der Waals surface area contributed by atoms with E-state index in [1.807, 2.05) is 29.9 Å². The first-order chi connectivity index (χ1) is 12.1. The second-order valence-corrected chi connectivity index (χ2v) is 7.70. The van der Waals surface area contributed by atoms with Gasteiger partial charge in [-0.3, -0.25) is 9.58 Å². The van der Waals surface area contributed by atoms with Crippen LogP contribution in [-0.2, 0) is 24.9 Å². The van der Waals surface area contributed by atoms with Crippen molar-refractivity contribution in [3.8, 4) is 0 Å². The van der Waals surface area contributed by atoms with E-state index in [9.17, 15) is 0 Å². The van der Waals surface area contributed by atoms with Crippen molar-refractivity contribution in [2.24, 2.45) is 0 Å². The lowest BCUT2D eigenvalue weighted by Gasteiger charge is -2.40. The van der Waals surface area contributed by atoms with E-state index in [-0.39, 0.29) is 5.41 Å². The number of hydrogen-bond acceptors (Lipinski definition) is 5. The largest absolute Gasteiger partial charge is 0.347 e. The lowest BCUT2D eigenvalue weighted by atomic mass is 9.77. The molecular formula is C19H28N6. The summed E-state index contributed by atoms with van der Waals surface area (Å²) >= 11 is 0. The molecule has 0 radical (unpaired) electrons. The van der Waals surface area contributed by atoms with E-state index < -0.39 is 0 Å². The minimum absolute atomic E-state index is 0.203. The van der Waals surface area contributed by atoms with Crippen LogP contribution in [0, 0.1) is 0 Å². The van der Waals surface area contributed by atoms with Crippen LogP contribution in [-0.4, -0.2) is 51.8 Å². The molecular weight excluding hydrogens is 312 g/mol. The molecule has 1 spiro atoms. The number of nitrogens with zero attached hydrogens (tertiary/aromatic N) is 6. The van der Waals surface area contributed by atoms with Crippen LogP contribution in [0.4, 0.5) is 5.95 Å². The Morgan fingerprint density at radius 1 is 1.28 bits per heavy atom. The van der Waals surface area contributed by atoms with Crippen LogP contribution in [0.1, 0.15) is 43.1 Å². The number of aromatic nitrogens is 4. The SMILES string of the molecule is CCn1ccc(CN2CCCC3(CCc4cnc(N(C)C)nc43)C2)n1. The molecule has 134 valence electrons. The molecule has 0 bridgehead atoms. The van der Waals surface area contributed by atoms with Gasteiger partial charge < -0.3 is 4.90 Å². The molecule has 2 aromatic rings. The lowest BCUT2D eigenvalue weighted by Crippen LogP contribution is -2.45. The predicted octanol–water partition coefficient (Wildman–Crippen LogP) is 2.24. The Kier molecular flexibility index (Phi) is 4.23. The smallest absolute Gasteiger partial charge is 0.225 e. The second kappa shape index (κ2) is 6.41. The molecule has 1 saturated heterocycles. The topological polar surface area (TPSA) is 50.1 Å². The summed E-state index contributed by atoms with van der Waals surface area (Å²) in [5, 5.41) is 4.66. The number of aryl methyl sites for hydroxylation is 2. The van der Waals surface area contributed by atoms with Gasteiger partial charge in [0.25, 0.3) is 0 Å². The summed E-state index contributed by atoms with van der Waals surface area (Å²) < 4.78 is 2.01. The Labute approximate surface area is 149 Å². The van der Waals surface area contributed by atoms with Crippen LogP contribution in [0.5, 0.6) is 0 Å². The highest BCUT2D eigenvalue weighted by Crippen LogP contribution is 2.44. The van der Waals surface area contributed by atoms with Crippen molar-refractivity contribution >= 4 is 5.95 Å². The molecule has 6 nitrogen and oxygen atoms in total. The highest BCUT2D eigenvalue weighted by Gasteiger charge is 2.43. The number of hydrogen-bond donors (Lipinski definition) is 0. The van der Waals surface area contributed by atoms with Crippen LogP contribution >= 0.6 is 0 Å². The summed E-state index contributed by atoms with van der Waals surface area (Å²) in [6.07, 6.45) is 8.92. The summed E-state index contributed by atoms with van der Waals surface area (Å²) in [6, 6.07) is 2.15.